The van der Waals surface area contributed by atoms with Crippen LogP contribution in [0.25, 0.3) is 0 Å². The summed E-state index contributed by atoms with van der Waals surface area (Å²) in [6.07, 6.45) is 2.72. The van der Waals surface area contributed by atoms with Crippen molar-refractivity contribution in [1.82, 2.24) is 0 Å². The van der Waals surface area contributed by atoms with E-state index in [1.54, 1.807) is 24.3 Å². The lowest BCUT2D eigenvalue weighted by atomic mass is 10.1. The van der Waals surface area contributed by atoms with Crippen molar-refractivity contribution in [3.05, 3.63) is 52.5 Å². The lowest BCUT2D eigenvalue weighted by molar-refractivity contribution is -0.116. The Morgan fingerprint density at radius 3 is 2.54 bits per heavy atom. The van der Waals surface area contributed by atoms with E-state index in [2.05, 4.69) is 10.6 Å². The lowest BCUT2D eigenvalue weighted by Crippen LogP contribution is -2.18. The summed E-state index contributed by atoms with van der Waals surface area (Å²) >= 11 is 6.07. The van der Waals surface area contributed by atoms with Gasteiger partial charge in [-0.05, 0) is 60.7 Å². The van der Waals surface area contributed by atoms with Gasteiger partial charge >= 0.3 is 0 Å². The van der Waals surface area contributed by atoms with E-state index in [4.69, 9.17) is 11.6 Å². The van der Waals surface area contributed by atoms with Crippen LogP contribution in [-0.4, -0.2) is 26.0 Å². The van der Waals surface area contributed by atoms with Crippen LogP contribution in [0.2, 0.25) is 5.02 Å². The van der Waals surface area contributed by atoms with E-state index < -0.39 is 15.7 Å². The minimum atomic E-state index is -3.55. The van der Waals surface area contributed by atoms with Gasteiger partial charge in [-0.2, -0.15) is 0 Å². The van der Waals surface area contributed by atoms with Gasteiger partial charge in [-0.1, -0.05) is 17.7 Å². The van der Waals surface area contributed by atoms with E-state index in [0.717, 1.165) is 24.8 Å². The summed E-state index contributed by atoms with van der Waals surface area (Å²) in [6, 6.07) is 9.88. The van der Waals surface area contributed by atoms with Crippen LogP contribution in [0.3, 0.4) is 0 Å². The molecule has 148 valence electrons. The molecular formula is C20H21ClN2O4S. The number of rotatable bonds is 6. The Bertz CT molecular complexity index is 1030. The van der Waals surface area contributed by atoms with Crippen molar-refractivity contribution in [1.29, 1.82) is 0 Å². The molecule has 2 aromatic rings. The third-order valence-electron chi connectivity index (χ3n) is 4.59. The first-order valence-corrected chi connectivity index (χ1v) is 11.0. The fraction of sp³-hybridized carbons (Fsp3) is 0.300. The fourth-order valence-corrected chi connectivity index (χ4v) is 4.65. The van der Waals surface area contributed by atoms with Crippen LogP contribution in [0.4, 0.5) is 11.4 Å². The molecular weight excluding hydrogens is 400 g/mol. The van der Waals surface area contributed by atoms with E-state index in [1.807, 2.05) is 6.07 Å². The molecule has 1 aliphatic carbocycles. The summed E-state index contributed by atoms with van der Waals surface area (Å²) in [5.74, 6) is -1.01. The van der Waals surface area contributed by atoms with Gasteiger partial charge in [-0.15, -0.1) is 0 Å². The number of halogens is 1. The second kappa shape index (κ2) is 8.32. The monoisotopic (exact) mass is 420 g/mol. The molecule has 1 aliphatic rings. The van der Waals surface area contributed by atoms with Crippen LogP contribution >= 0.6 is 11.6 Å². The molecule has 28 heavy (non-hydrogen) atoms. The predicted octanol–water partition coefficient (Wildman–Crippen LogP) is 3.59. The van der Waals surface area contributed by atoms with E-state index in [-0.39, 0.29) is 23.0 Å². The standard InChI is InChI=1S/C20H21ClN2O4S/c1-13(24)22-16-6-8-18(21)19(12-16)23-20(25)9-10-28(26,27)17-7-5-14-3-2-4-15(14)11-17/h5-8,11-12H,2-4,9-10H2,1H3,(H,22,24)(H,23,25). The molecule has 3 rings (SSSR count). The van der Waals surface area contributed by atoms with Crippen molar-refractivity contribution in [3.63, 3.8) is 0 Å². The van der Waals surface area contributed by atoms with Crippen LogP contribution in [0.5, 0.6) is 0 Å². The SMILES string of the molecule is CC(=O)Nc1ccc(Cl)c(NC(=O)CCS(=O)(=O)c2ccc3c(c2)CCC3)c1. The molecule has 0 saturated heterocycles. The Morgan fingerprint density at radius 2 is 1.79 bits per heavy atom. The van der Waals surface area contributed by atoms with Crippen LogP contribution in [0.15, 0.2) is 41.3 Å². The van der Waals surface area contributed by atoms with E-state index >= 15 is 0 Å². The maximum absolute atomic E-state index is 12.6. The highest BCUT2D eigenvalue weighted by atomic mass is 35.5. The smallest absolute Gasteiger partial charge is 0.225 e. The zero-order chi connectivity index (χ0) is 20.3. The highest BCUT2D eigenvalue weighted by Gasteiger charge is 2.20. The molecule has 2 N–H and O–H groups in total. The third kappa shape index (κ3) is 4.91. The Hall–Kier alpha value is -2.38. The van der Waals surface area contributed by atoms with Crippen LogP contribution < -0.4 is 10.6 Å². The maximum atomic E-state index is 12.6. The van der Waals surface area contributed by atoms with Crippen molar-refractivity contribution in [2.24, 2.45) is 0 Å². The second-order valence-electron chi connectivity index (χ2n) is 6.78. The molecule has 6 nitrogen and oxygen atoms in total. The molecule has 0 bridgehead atoms. The second-order valence-corrected chi connectivity index (χ2v) is 9.29. The summed E-state index contributed by atoms with van der Waals surface area (Å²) < 4.78 is 25.2. The molecule has 0 atom stereocenters. The van der Waals surface area contributed by atoms with Crippen molar-refractivity contribution in [2.75, 3.05) is 16.4 Å². The normalized spacial score (nSPS) is 13.1. The lowest BCUT2D eigenvalue weighted by Gasteiger charge is -2.10. The highest BCUT2D eigenvalue weighted by Crippen LogP contribution is 2.27. The number of amides is 2. The summed E-state index contributed by atoms with van der Waals surface area (Å²) in [5, 5.41) is 5.50. The molecule has 0 unspecified atom stereocenters. The van der Waals surface area contributed by atoms with Crippen LogP contribution in [0.1, 0.15) is 30.9 Å². The molecule has 0 radical (unpaired) electrons. The number of fused-ring (bicyclic) bond motifs is 1. The van der Waals surface area contributed by atoms with E-state index in [1.165, 1.54) is 18.6 Å². The van der Waals surface area contributed by atoms with Crippen LogP contribution in [0, 0.1) is 0 Å². The van der Waals surface area contributed by atoms with Crippen molar-refractivity contribution < 1.29 is 18.0 Å². The quantitative estimate of drug-likeness (QED) is 0.746. The Morgan fingerprint density at radius 1 is 1.04 bits per heavy atom. The Balaban J connectivity index is 1.64. The number of carbonyl (C=O) groups excluding carboxylic acids is 2. The minimum Gasteiger partial charge on any atom is -0.326 e. The molecule has 0 saturated carbocycles. The van der Waals surface area contributed by atoms with E-state index in [9.17, 15) is 18.0 Å². The number of benzene rings is 2. The topological polar surface area (TPSA) is 92.3 Å². The molecule has 0 spiro atoms. The largest absolute Gasteiger partial charge is 0.326 e. The first kappa shape index (κ1) is 20.4. The molecule has 0 aromatic heterocycles. The van der Waals surface area contributed by atoms with Gasteiger partial charge in [0.05, 0.1) is 21.4 Å². The molecule has 2 amide bonds. The molecule has 0 heterocycles. The van der Waals surface area contributed by atoms with Gasteiger partial charge in [0.2, 0.25) is 11.8 Å². The number of hydrogen-bond donors (Lipinski definition) is 2. The van der Waals surface area contributed by atoms with Gasteiger partial charge in [-0.25, -0.2) is 8.42 Å². The Labute approximate surface area is 169 Å². The zero-order valence-corrected chi connectivity index (χ0v) is 17.0. The van der Waals surface area contributed by atoms with Gasteiger partial charge in [-0.3, -0.25) is 9.59 Å². The fourth-order valence-electron chi connectivity index (χ4n) is 3.20. The van der Waals surface area contributed by atoms with Crippen LogP contribution in [-0.2, 0) is 32.3 Å². The number of aryl methyl sites for hydroxylation is 2. The number of nitrogens with one attached hydrogen (secondary N) is 2. The third-order valence-corrected chi connectivity index (χ3v) is 6.63. The van der Waals surface area contributed by atoms with Gasteiger partial charge in [0.25, 0.3) is 0 Å². The number of sulfone groups is 1. The minimum absolute atomic E-state index is 0.194. The molecule has 0 aliphatic heterocycles. The van der Waals surface area contributed by atoms with Gasteiger partial charge in [0.1, 0.15) is 0 Å². The summed E-state index contributed by atoms with van der Waals surface area (Å²) in [7, 11) is -3.55. The average molecular weight is 421 g/mol. The molecule has 8 heteroatoms. The number of carbonyl (C=O) groups is 2. The van der Waals surface area contributed by atoms with Gasteiger partial charge in [0, 0.05) is 19.0 Å². The first-order valence-electron chi connectivity index (χ1n) is 8.96. The van der Waals surface area contributed by atoms with Gasteiger partial charge < -0.3 is 10.6 Å². The predicted molar refractivity (Wildman–Crippen MR) is 110 cm³/mol. The molecule has 2 aromatic carbocycles. The summed E-state index contributed by atoms with van der Waals surface area (Å²) in [6.45, 7) is 1.37. The van der Waals surface area contributed by atoms with Crippen molar-refractivity contribution in [3.8, 4) is 0 Å². The van der Waals surface area contributed by atoms with E-state index in [0.29, 0.717) is 16.4 Å². The number of anilines is 2. The average Bonchev–Trinajstić information content (AvgIpc) is 3.10. The highest BCUT2D eigenvalue weighted by molar-refractivity contribution is 7.91. The molecule has 0 fully saturated rings. The van der Waals surface area contributed by atoms with Crippen molar-refractivity contribution in [2.45, 2.75) is 37.5 Å². The van der Waals surface area contributed by atoms with Gasteiger partial charge in [0.15, 0.2) is 9.84 Å². The Kier molecular flexibility index (Phi) is 6.05. The summed E-state index contributed by atoms with van der Waals surface area (Å²) in [5.41, 5.74) is 3.07. The maximum Gasteiger partial charge on any atom is 0.225 e. The first-order chi connectivity index (χ1) is 13.2. The summed E-state index contributed by atoms with van der Waals surface area (Å²) in [4.78, 5) is 23.6. The zero-order valence-electron chi connectivity index (χ0n) is 15.4. The van der Waals surface area contributed by atoms with Crippen molar-refractivity contribution >= 4 is 44.6 Å². The number of hydrogen-bond acceptors (Lipinski definition) is 4.